The van der Waals surface area contributed by atoms with Crippen molar-refractivity contribution in [1.29, 1.82) is 0 Å². The van der Waals surface area contributed by atoms with Crippen molar-refractivity contribution >= 4 is 33.3 Å². The fraction of sp³-hybridized carbons (Fsp3) is 0.250. The molecule has 1 aliphatic heterocycles. The van der Waals surface area contributed by atoms with E-state index in [0.29, 0.717) is 28.3 Å². The van der Waals surface area contributed by atoms with Crippen LogP contribution in [0.15, 0.2) is 57.7 Å². The van der Waals surface area contributed by atoms with E-state index in [1.165, 1.54) is 16.2 Å². The third-order valence-electron chi connectivity index (χ3n) is 5.41. The number of rotatable bonds is 5. The summed E-state index contributed by atoms with van der Waals surface area (Å²) in [5, 5.41) is 10.2. The average molecular weight is 448 g/mol. The lowest BCUT2D eigenvalue weighted by Gasteiger charge is -2.22. The number of fused-ring (bicyclic) bond motifs is 2. The van der Waals surface area contributed by atoms with Crippen LogP contribution >= 0.6 is 11.3 Å². The van der Waals surface area contributed by atoms with E-state index in [0.717, 1.165) is 16.3 Å². The van der Waals surface area contributed by atoms with Crippen LogP contribution in [0.1, 0.15) is 59.4 Å². The van der Waals surface area contributed by atoms with Crippen LogP contribution in [0.25, 0.3) is 11.0 Å². The summed E-state index contributed by atoms with van der Waals surface area (Å²) < 4.78 is 11.5. The number of hydrogen-bond acceptors (Lipinski definition) is 7. The summed E-state index contributed by atoms with van der Waals surface area (Å²) in [6, 6.07) is 13.7. The summed E-state index contributed by atoms with van der Waals surface area (Å²) in [6.07, 6.45) is 0. The van der Waals surface area contributed by atoms with Crippen LogP contribution in [-0.2, 0) is 0 Å². The van der Waals surface area contributed by atoms with E-state index in [1.54, 1.807) is 24.3 Å². The van der Waals surface area contributed by atoms with Crippen molar-refractivity contribution in [3.8, 4) is 5.75 Å². The molecule has 4 aromatic rings. The molecule has 8 heteroatoms. The molecule has 0 N–H and O–H groups in total. The number of nitrogens with zero attached hydrogens (tertiary/aromatic N) is 3. The Morgan fingerprint density at radius 2 is 1.84 bits per heavy atom. The Balaban J connectivity index is 1.73. The molecule has 1 amide bonds. The van der Waals surface area contributed by atoms with Gasteiger partial charge in [0.25, 0.3) is 5.91 Å². The van der Waals surface area contributed by atoms with Crippen LogP contribution in [0.4, 0.5) is 5.13 Å². The fourth-order valence-corrected chi connectivity index (χ4v) is 4.78. The van der Waals surface area contributed by atoms with Gasteiger partial charge in [-0.15, -0.1) is 10.2 Å². The van der Waals surface area contributed by atoms with Gasteiger partial charge >= 0.3 is 0 Å². The van der Waals surface area contributed by atoms with Gasteiger partial charge in [-0.25, -0.2) is 0 Å². The third kappa shape index (κ3) is 3.18. The molecule has 162 valence electrons. The van der Waals surface area contributed by atoms with E-state index in [9.17, 15) is 9.59 Å². The standard InChI is InChI=1S/C24H21N3O4S/c1-4-30-15-11-9-14(10-12-15)19-18-20(28)16-7-5-6-8-17(16)31-21(18)23(29)27(19)24-26-25-22(32-24)13(2)3/h5-13,19H,4H2,1-3H3/t19-/m1/s1. The average Bonchev–Trinajstić information content (AvgIpc) is 3.38. The molecule has 1 aliphatic rings. The lowest BCUT2D eigenvalue weighted by atomic mass is 9.98. The minimum Gasteiger partial charge on any atom is -0.494 e. The Morgan fingerprint density at radius 1 is 1.09 bits per heavy atom. The van der Waals surface area contributed by atoms with E-state index in [4.69, 9.17) is 9.15 Å². The first-order chi connectivity index (χ1) is 15.5. The molecule has 0 unspecified atom stereocenters. The van der Waals surface area contributed by atoms with Gasteiger partial charge in [-0.05, 0) is 36.8 Å². The zero-order valence-corrected chi connectivity index (χ0v) is 18.7. The van der Waals surface area contributed by atoms with Crippen LogP contribution in [-0.4, -0.2) is 22.7 Å². The second-order valence-corrected chi connectivity index (χ2v) is 8.82. The summed E-state index contributed by atoms with van der Waals surface area (Å²) >= 11 is 1.35. The minimum atomic E-state index is -0.665. The number of ether oxygens (including phenoxy) is 1. The quantitative estimate of drug-likeness (QED) is 0.432. The van der Waals surface area contributed by atoms with Crippen LogP contribution < -0.4 is 15.1 Å². The predicted octanol–water partition coefficient (Wildman–Crippen LogP) is 4.92. The maximum atomic E-state index is 13.5. The largest absolute Gasteiger partial charge is 0.494 e. The Hall–Kier alpha value is -3.52. The molecule has 0 saturated carbocycles. The van der Waals surface area contributed by atoms with E-state index >= 15 is 0 Å². The molecule has 5 rings (SSSR count). The second kappa shape index (κ2) is 7.87. The van der Waals surface area contributed by atoms with Gasteiger partial charge in [0.2, 0.25) is 10.9 Å². The molecule has 0 radical (unpaired) electrons. The molecule has 7 nitrogen and oxygen atoms in total. The summed E-state index contributed by atoms with van der Waals surface area (Å²) in [5.41, 5.74) is 1.26. The van der Waals surface area contributed by atoms with Crippen LogP contribution in [0.3, 0.4) is 0 Å². The molecule has 0 saturated heterocycles. The van der Waals surface area contributed by atoms with E-state index < -0.39 is 11.9 Å². The summed E-state index contributed by atoms with van der Waals surface area (Å²) in [5.74, 6) is 0.547. The van der Waals surface area contributed by atoms with Crippen molar-refractivity contribution in [2.75, 3.05) is 11.5 Å². The zero-order valence-electron chi connectivity index (χ0n) is 17.9. The smallest absolute Gasteiger partial charge is 0.297 e. The number of carbonyl (C=O) groups is 1. The first kappa shape index (κ1) is 20.4. The normalized spacial score (nSPS) is 15.6. The van der Waals surface area contributed by atoms with Gasteiger partial charge in [0.15, 0.2) is 5.43 Å². The van der Waals surface area contributed by atoms with Gasteiger partial charge in [-0.2, -0.15) is 0 Å². The number of benzene rings is 2. The number of carbonyl (C=O) groups excluding carboxylic acids is 1. The van der Waals surface area contributed by atoms with Crippen molar-refractivity contribution in [2.45, 2.75) is 32.7 Å². The molecule has 1 atom stereocenters. The zero-order chi connectivity index (χ0) is 22.4. The Bertz CT molecular complexity index is 1370. The topological polar surface area (TPSA) is 85.5 Å². The number of anilines is 1. The lowest BCUT2D eigenvalue weighted by molar-refractivity contribution is 0.0970. The van der Waals surface area contributed by atoms with Crippen LogP contribution in [0, 0.1) is 0 Å². The number of para-hydroxylation sites is 1. The molecule has 0 fully saturated rings. The third-order valence-corrected chi connectivity index (χ3v) is 6.64. The van der Waals surface area contributed by atoms with E-state index in [-0.39, 0.29) is 17.1 Å². The number of amides is 1. The van der Waals surface area contributed by atoms with E-state index in [1.807, 2.05) is 45.0 Å². The molecule has 2 aromatic carbocycles. The maximum Gasteiger partial charge on any atom is 0.297 e. The molecule has 3 heterocycles. The van der Waals surface area contributed by atoms with Gasteiger partial charge in [0.1, 0.15) is 16.3 Å². The van der Waals surface area contributed by atoms with Gasteiger partial charge < -0.3 is 9.15 Å². The van der Waals surface area contributed by atoms with Gasteiger partial charge in [0, 0.05) is 5.92 Å². The molecule has 0 aliphatic carbocycles. The highest BCUT2D eigenvalue weighted by molar-refractivity contribution is 7.15. The van der Waals surface area contributed by atoms with Crippen molar-refractivity contribution in [1.82, 2.24) is 10.2 Å². The van der Waals surface area contributed by atoms with Crippen molar-refractivity contribution in [3.63, 3.8) is 0 Å². The summed E-state index contributed by atoms with van der Waals surface area (Å²) in [7, 11) is 0. The summed E-state index contributed by atoms with van der Waals surface area (Å²) in [4.78, 5) is 28.6. The Labute approximate surface area is 188 Å². The van der Waals surface area contributed by atoms with Gasteiger partial charge in [0.05, 0.1) is 23.6 Å². The molecular weight excluding hydrogens is 426 g/mol. The molecule has 2 aromatic heterocycles. The van der Waals surface area contributed by atoms with Crippen molar-refractivity contribution in [3.05, 3.63) is 80.6 Å². The van der Waals surface area contributed by atoms with Crippen molar-refractivity contribution < 1.29 is 13.9 Å². The molecule has 0 bridgehead atoms. The predicted molar refractivity (Wildman–Crippen MR) is 123 cm³/mol. The van der Waals surface area contributed by atoms with Gasteiger partial charge in [-0.1, -0.05) is 49.4 Å². The highest BCUT2D eigenvalue weighted by atomic mass is 32.1. The van der Waals surface area contributed by atoms with Gasteiger partial charge in [-0.3, -0.25) is 14.5 Å². The second-order valence-electron chi connectivity index (χ2n) is 7.83. The lowest BCUT2D eigenvalue weighted by Crippen LogP contribution is -2.29. The SMILES string of the molecule is CCOc1ccc([C@@H]2c3c(oc4ccccc4c3=O)C(=O)N2c2nnc(C(C)C)s2)cc1. The maximum absolute atomic E-state index is 13.5. The highest BCUT2D eigenvalue weighted by Gasteiger charge is 2.45. The van der Waals surface area contributed by atoms with E-state index in [2.05, 4.69) is 10.2 Å². The molecule has 32 heavy (non-hydrogen) atoms. The first-order valence-corrected chi connectivity index (χ1v) is 11.3. The Morgan fingerprint density at radius 3 is 2.53 bits per heavy atom. The van der Waals surface area contributed by atoms with Crippen LogP contribution in [0.5, 0.6) is 5.75 Å². The Kier molecular flexibility index (Phi) is 5.01. The fourth-order valence-electron chi connectivity index (χ4n) is 3.90. The van der Waals surface area contributed by atoms with Crippen LogP contribution in [0.2, 0.25) is 0 Å². The number of hydrogen-bond donors (Lipinski definition) is 0. The summed E-state index contributed by atoms with van der Waals surface area (Å²) in [6.45, 7) is 6.51. The molecule has 0 spiro atoms. The minimum absolute atomic E-state index is 0.0499. The monoisotopic (exact) mass is 447 g/mol. The first-order valence-electron chi connectivity index (χ1n) is 10.4. The highest BCUT2D eigenvalue weighted by Crippen LogP contribution is 2.42. The number of aromatic nitrogens is 2. The van der Waals surface area contributed by atoms with Crippen molar-refractivity contribution in [2.24, 2.45) is 0 Å². The molecular formula is C24H21N3O4S.